The van der Waals surface area contributed by atoms with Crippen LogP contribution in [-0.2, 0) is 26.9 Å². The maximum atomic E-state index is 14.8. The Morgan fingerprint density at radius 3 is 2.49 bits per heavy atom. The van der Waals surface area contributed by atoms with Crippen LogP contribution < -0.4 is 4.74 Å². The first-order chi connectivity index (χ1) is 16.7. The number of ether oxygens (including phenoxy) is 1. The second kappa shape index (κ2) is 12.4. The number of piperidine rings is 1. The Morgan fingerprint density at radius 1 is 1.23 bits per heavy atom. The molecular weight excluding hydrogens is 522 g/mol. The summed E-state index contributed by atoms with van der Waals surface area (Å²) in [4.78, 5) is 13.5. The summed E-state index contributed by atoms with van der Waals surface area (Å²) in [5, 5.41) is 7.87. The molecule has 188 valence electrons. The number of likely N-dealkylation sites (tertiary alicyclic amines) is 1. The van der Waals surface area contributed by atoms with Crippen LogP contribution in [0, 0.1) is 11.6 Å². The zero-order valence-electron chi connectivity index (χ0n) is 18.4. The van der Waals surface area contributed by atoms with Crippen LogP contribution in [0.3, 0.4) is 0 Å². The van der Waals surface area contributed by atoms with Crippen LogP contribution in [0.4, 0.5) is 8.78 Å². The highest BCUT2D eigenvalue weighted by Crippen LogP contribution is 2.36. The van der Waals surface area contributed by atoms with Crippen molar-refractivity contribution in [1.82, 2.24) is 9.88 Å². The summed E-state index contributed by atoms with van der Waals surface area (Å²) in [5.74, 6) is -3.35. The number of hydrogen-bond acceptors (Lipinski definition) is 7. The highest BCUT2D eigenvalue weighted by atomic mass is 35.5. The van der Waals surface area contributed by atoms with Crippen LogP contribution in [0.5, 0.6) is 5.75 Å². The summed E-state index contributed by atoms with van der Waals surface area (Å²) in [6, 6.07) is 11.0. The van der Waals surface area contributed by atoms with Crippen molar-refractivity contribution >= 4 is 39.2 Å². The van der Waals surface area contributed by atoms with E-state index >= 15 is 0 Å². The number of rotatable bonds is 7. The summed E-state index contributed by atoms with van der Waals surface area (Å²) >= 11 is 7.26. The first-order valence-electron chi connectivity index (χ1n) is 10.5. The number of carboxylic acid groups (broad SMARTS) is 1. The Morgan fingerprint density at radius 2 is 1.89 bits per heavy atom. The van der Waals surface area contributed by atoms with Crippen molar-refractivity contribution in [3.8, 4) is 5.75 Å². The lowest BCUT2D eigenvalue weighted by Crippen LogP contribution is -2.37. The molecule has 0 aliphatic carbocycles. The zero-order chi connectivity index (χ0) is 25.4. The number of thiazole rings is 1. The van der Waals surface area contributed by atoms with Gasteiger partial charge < -0.3 is 9.84 Å². The maximum absolute atomic E-state index is 14.8. The summed E-state index contributed by atoms with van der Waals surface area (Å²) in [7, 11) is -4.31. The molecule has 1 aromatic heterocycles. The predicted molar refractivity (Wildman–Crippen MR) is 128 cm³/mol. The number of sulfone groups is 1. The third-order valence-electron chi connectivity index (χ3n) is 5.29. The second-order valence-corrected chi connectivity index (χ2v) is 10.8. The van der Waals surface area contributed by atoms with Crippen molar-refractivity contribution < 1.29 is 31.8 Å². The molecule has 4 rings (SSSR count). The summed E-state index contributed by atoms with van der Waals surface area (Å²) in [6.45, 7) is 2.10. The van der Waals surface area contributed by atoms with Crippen molar-refractivity contribution in [2.24, 2.45) is 0 Å². The van der Waals surface area contributed by atoms with Crippen LogP contribution >= 0.6 is 22.9 Å². The first-order valence-corrected chi connectivity index (χ1v) is 13.5. The lowest BCUT2D eigenvalue weighted by Gasteiger charge is -2.32. The second-order valence-electron chi connectivity index (χ2n) is 7.74. The van der Waals surface area contributed by atoms with E-state index in [1.54, 1.807) is 0 Å². The van der Waals surface area contributed by atoms with Gasteiger partial charge in [-0.15, -0.1) is 11.3 Å². The quantitative estimate of drug-likeness (QED) is 0.337. The van der Waals surface area contributed by atoms with Gasteiger partial charge in [-0.1, -0.05) is 41.9 Å². The number of carbonyl (C=O) groups is 1. The van der Waals surface area contributed by atoms with E-state index in [0.717, 1.165) is 25.7 Å². The Hall–Kier alpha value is -2.60. The third kappa shape index (κ3) is 7.20. The van der Waals surface area contributed by atoms with E-state index in [9.17, 15) is 17.2 Å². The summed E-state index contributed by atoms with van der Waals surface area (Å²) in [5.41, 5.74) is 2.88. The van der Waals surface area contributed by atoms with Gasteiger partial charge in [0.05, 0.1) is 17.0 Å². The molecule has 1 fully saturated rings. The van der Waals surface area contributed by atoms with Gasteiger partial charge in [0.2, 0.25) is 0 Å². The molecule has 1 saturated heterocycles. The molecule has 0 bridgehead atoms. The normalized spacial score (nSPS) is 14.7. The Labute approximate surface area is 210 Å². The van der Waals surface area contributed by atoms with E-state index in [1.165, 1.54) is 27.8 Å². The van der Waals surface area contributed by atoms with Crippen LogP contribution in [-0.4, -0.2) is 49.1 Å². The van der Waals surface area contributed by atoms with Crippen molar-refractivity contribution in [1.29, 1.82) is 0 Å². The fraction of sp³-hybridized carbons (Fsp3) is 0.304. The zero-order valence-corrected chi connectivity index (χ0v) is 20.8. The molecule has 1 N–H and O–H groups in total. The van der Waals surface area contributed by atoms with E-state index in [2.05, 4.69) is 22.0 Å². The monoisotopic (exact) mass is 544 g/mol. The van der Waals surface area contributed by atoms with Gasteiger partial charge in [0.25, 0.3) is 6.47 Å². The molecule has 7 nitrogen and oxygen atoms in total. The van der Waals surface area contributed by atoms with Gasteiger partial charge >= 0.3 is 0 Å². The predicted octanol–water partition coefficient (Wildman–Crippen LogP) is 4.79. The van der Waals surface area contributed by atoms with E-state index in [4.69, 9.17) is 26.2 Å². The third-order valence-corrected chi connectivity index (χ3v) is 7.95. The van der Waals surface area contributed by atoms with E-state index in [0.29, 0.717) is 12.8 Å². The molecule has 0 atom stereocenters. The van der Waals surface area contributed by atoms with Crippen LogP contribution in [0.1, 0.15) is 24.1 Å². The number of halogens is 3. The number of aromatic nitrogens is 1. The minimum atomic E-state index is -4.31. The van der Waals surface area contributed by atoms with E-state index < -0.39 is 37.1 Å². The number of hydrogen-bond donors (Lipinski definition) is 1. The summed E-state index contributed by atoms with van der Waals surface area (Å²) in [6.07, 6.45) is 1.06. The molecule has 1 aliphatic heterocycles. The number of benzene rings is 2. The van der Waals surface area contributed by atoms with E-state index in [1.807, 2.05) is 18.2 Å². The molecule has 1 aliphatic rings. The average molecular weight is 545 g/mol. The van der Waals surface area contributed by atoms with Gasteiger partial charge in [0, 0.05) is 31.1 Å². The first kappa shape index (κ1) is 27.0. The Kier molecular flexibility index (Phi) is 9.55. The van der Waals surface area contributed by atoms with Crippen LogP contribution in [0.15, 0.2) is 52.2 Å². The molecule has 12 heteroatoms. The maximum Gasteiger partial charge on any atom is 0.290 e. The molecule has 2 aromatic carbocycles. The van der Waals surface area contributed by atoms with Gasteiger partial charge in [-0.3, -0.25) is 9.69 Å². The number of nitrogens with zero attached hydrogens (tertiary/aromatic N) is 2. The standard InChI is InChI=1S/C22H21ClF2N2O3S2.CH2O2/c23-20-19(30-17-6-8-27(9-7-17)11-15-4-2-1-3-5-15)10-18(24)22(21(20)25)32(28,29)13-16-12-31-14-26-16;2-1-3/h1-5,10,12,14,17H,6-9,11,13H2;1H,(H,2,3). The highest BCUT2D eigenvalue weighted by molar-refractivity contribution is 7.90. The van der Waals surface area contributed by atoms with Gasteiger partial charge in [0.15, 0.2) is 15.7 Å². The van der Waals surface area contributed by atoms with Crippen molar-refractivity contribution in [2.75, 3.05) is 13.1 Å². The van der Waals surface area contributed by atoms with Crippen LogP contribution in [0.2, 0.25) is 5.02 Å². The topological polar surface area (TPSA) is 96.8 Å². The summed E-state index contributed by atoms with van der Waals surface area (Å²) < 4.78 is 60.4. The molecule has 0 spiro atoms. The van der Waals surface area contributed by atoms with Gasteiger partial charge in [-0.05, 0) is 18.4 Å². The highest BCUT2D eigenvalue weighted by Gasteiger charge is 2.30. The molecule has 35 heavy (non-hydrogen) atoms. The van der Waals surface area contributed by atoms with Crippen molar-refractivity contribution in [2.45, 2.75) is 36.1 Å². The molecule has 3 aromatic rings. The SMILES string of the molecule is O=CO.O=S(=O)(Cc1cscn1)c1c(F)cc(OC2CCN(Cc3ccccc3)CC2)c(Cl)c1F. The molecule has 0 radical (unpaired) electrons. The molecule has 0 amide bonds. The molecular formula is C23H23ClF2N2O5S2. The van der Waals surface area contributed by atoms with Gasteiger partial charge in [0.1, 0.15) is 27.6 Å². The minimum absolute atomic E-state index is 0.184. The van der Waals surface area contributed by atoms with E-state index in [-0.39, 0.29) is 24.0 Å². The Bertz CT molecular complexity index is 1220. The molecule has 0 saturated carbocycles. The van der Waals surface area contributed by atoms with Crippen molar-refractivity contribution in [3.63, 3.8) is 0 Å². The minimum Gasteiger partial charge on any atom is -0.489 e. The lowest BCUT2D eigenvalue weighted by atomic mass is 10.1. The van der Waals surface area contributed by atoms with Crippen molar-refractivity contribution in [3.05, 3.63) is 75.2 Å². The fourth-order valence-corrected chi connectivity index (χ4v) is 6.05. The Balaban J connectivity index is 0.00000108. The molecule has 0 unspecified atom stereocenters. The van der Waals surface area contributed by atoms with Gasteiger partial charge in [-0.2, -0.15) is 0 Å². The average Bonchev–Trinajstić information content (AvgIpc) is 3.32. The largest absolute Gasteiger partial charge is 0.489 e. The van der Waals surface area contributed by atoms with Crippen LogP contribution in [0.25, 0.3) is 0 Å². The lowest BCUT2D eigenvalue weighted by molar-refractivity contribution is -0.122. The smallest absolute Gasteiger partial charge is 0.290 e. The van der Waals surface area contributed by atoms with Gasteiger partial charge in [-0.25, -0.2) is 22.2 Å². The molecule has 2 heterocycles. The fourth-order valence-electron chi connectivity index (χ4n) is 3.71.